The van der Waals surface area contributed by atoms with Gasteiger partial charge in [-0.05, 0) is 70.5 Å². The zero-order valence-electron chi connectivity index (χ0n) is 16.8. The largest absolute Gasteiger partial charge is 0.0617 e. The number of hydrogen-bond acceptors (Lipinski definition) is 0. The van der Waals surface area contributed by atoms with Crippen LogP contribution in [0.5, 0.6) is 0 Å². The van der Waals surface area contributed by atoms with Gasteiger partial charge in [-0.25, -0.2) is 0 Å². The van der Waals surface area contributed by atoms with Gasteiger partial charge in [-0.3, -0.25) is 0 Å². The maximum Gasteiger partial charge on any atom is -0.0149 e. The molecule has 0 aliphatic heterocycles. The highest BCUT2D eigenvalue weighted by molar-refractivity contribution is 5.86. The van der Waals surface area contributed by atoms with Gasteiger partial charge in [-0.2, -0.15) is 0 Å². The third-order valence-corrected chi connectivity index (χ3v) is 5.50. The van der Waals surface area contributed by atoms with E-state index in [0.717, 1.165) is 0 Å². The third kappa shape index (κ3) is 4.18. The molecule has 0 nitrogen and oxygen atoms in total. The summed E-state index contributed by atoms with van der Waals surface area (Å²) in [6.07, 6.45) is 5.38. The smallest absolute Gasteiger partial charge is 0.0149 e. The molecule has 136 valence electrons. The molecule has 0 heteroatoms. The Labute approximate surface area is 159 Å². The number of hydrogen-bond donors (Lipinski definition) is 0. The topological polar surface area (TPSA) is 0 Å². The molecule has 3 aromatic rings. The molecule has 1 aliphatic rings. The van der Waals surface area contributed by atoms with Gasteiger partial charge in [0, 0.05) is 0 Å². The molecular weight excluding hydrogens is 312 g/mol. The van der Waals surface area contributed by atoms with E-state index < -0.39 is 0 Å². The highest BCUT2D eigenvalue weighted by Crippen LogP contribution is 2.28. The van der Waals surface area contributed by atoms with Crippen molar-refractivity contribution in [3.63, 3.8) is 0 Å². The summed E-state index contributed by atoms with van der Waals surface area (Å²) in [4.78, 5) is 0. The van der Waals surface area contributed by atoms with Crippen LogP contribution in [-0.4, -0.2) is 0 Å². The van der Waals surface area contributed by atoms with Gasteiger partial charge in [-0.15, -0.1) is 0 Å². The standard InChI is InChI=1S/C13H18.C13H14/c2*1-10(2)12-9-5-7-11-6-3-4-8-13(11)12/h5,7,9-10H,3-4,6,8H2,1-2H3;3-10H,1-2H3. The van der Waals surface area contributed by atoms with Crippen molar-refractivity contribution < 1.29 is 0 Å². The van der Waals surface area contributed by atoms with Gasteiger partial charge in [0.15, 0.2) is 0 Å². The maximum atomic E-state index is 2.31. The van der Waals surface area contributed by atoms with Crippen molar-refractivity contribution in [1.29, 1.82) is 0 Å². The highest BCUT2D eigenvalue weighted by Gasteiger charge is 2.13. The predicted octanol–water partition coefficient (Wildman–Crippen LogP) is 7.65. The van der Waals surface area contributed by atoms with Crippen LogP contribution in [0.2, 0.25) is 0 Å². The van der Waals surface area contributed by atoms with Crippen LogP contribution in [-0.2, 0) is 12.8 Å². The Balaban J connectivity index is 0.000000151. The Hall–Kier alpha value is -2.08. The second-order valence-electron chi connectivity index (χ2n) is 8.07. The van der Waals surface area contributed by atoms with E-state index >= 15 is 0 Å². The number of aryl methyl sites for hydroxylation is 1. The predicted molar refractivity (Wildman–Crippen MR) is 115 cm³/mol. The fraction of sp³-hybridized carbons (Fsp3) is 0.385. The van der Waals surface area contributed by atoms with Gasteiger partial charge < -0.3 is 0 Å². The average Bonchev–Trinajstić information content (AvgIpc) is 2.67. The molecule has 0 fully saturated rings. The highest BCUT2D eigenvalue weighted by atomic mass is 14.2. The molecule has 0 atom stereocenters. The fourth-order valence-corrected chi connectivity index (χ4v) is 4.11. The zero-order chi connectivity index (χ0) is 18.5. The van der Waals surface area contributed by atoms with Crippen LogP contribution < -0.4 is 0 Å². The van der Waals surface area contributed by atoms with E-state index in [-0.39, 0.29) is 0 Å². The van der Waals surface area contributed by atoms with Crippen LogP contribution in [0.15, 0.2) is 60.7 Å². The van der Waals surface area contributed by atoms with Crippen molar-refractivity contribution in [2.45, 2.75) is 65.2 Å². The summed E-state index contributed by atoms with van der Waals surface area (Å²) >= 11 is 0. The van der Waals surface area contributed by atoms with E-state index in [0.29, 0.717) is 11.8 Å². The van der Waals surface area contributed by atoms with E-state index in [1.165, 1.54) is 42.0 Å². The second kappa shape index (κ2) is 8.54. The summed E-state index contributed by atoms with van der Waals surface area (Å²) in [5.74, 6) is 1.29. The Bertz CT molecular complexity index is 850. The first kappa shape index (κ1) is 18.7. The van der Waals surface area contributed by atoms with Gasteiger partial charge in [0.1, 0.15) is 0 Å². The Morgan fingerprint density at radius 3 is 2.00 bits per heavy atom. The Morgan fingerprint density at radius 1 is 0.615 bits per heavy atom. The maximum absolute atomic E-state index is 2.31. The van der Waals surface area contributed by atoms with Gasteiger partial charge in [0.05, 0.1) is 0 Å². The normalized spacial score (nSPS) is 13.5. The van der Waals surface area contributed by atoms with Crippen LogP contribution in [0, 0.1) is 0 Å². The van der Waals surface area contributed by atoms with Gasteiger partial charge in [0.25, 0.3) is 0 Å². The first-order chi connectivity index (χ1) is 12.6. The molecule has 0 spiro atoms. The zero-order valence-corrected chi connectivity index (χ0v) is 16.8. The lowest BCUT2D eigenvalue weighted by Gasteiger charge is -2.21. The molecule has 1 aliphatic carbocycles. The molecule has 26 heavy (non-hydrogen) atoms. The van der Waals surface area contributed by atoms with Crippen LogP contribution in [0.1, 0.15) is 74.6 Å². The summed E-state index contributed by atoms with van der Waals surface area (Å²) in [5, 5.41) is 2.73. The van der Waals surface area contributed by atoms with Crippen LogP contribution in [0.25, 0.3) is 10.8 Å². The van der Waals surface area contributed by atoms with E-state index in [4.69, 9.17) is 0 Å². The van der Waals surface area contributed by atoms with Gasteiger partial charge >= 0.3 is 0 Å². The van der Waals surface area contributed by atoms with Crippen molar-refractivity contribution >= 4 is 10.8 Å². The third-order valence-electron chi connectivity index (χ3n) is 5.50. The van der Waals surface area contributed by atoms with Crippen molar-refractivity contribution in [2.24, 2.45) is 0 Å². The first-order valence-electron chi connectivity index (χ1n) is 10.2. The summed E-state index contributed by atoms with van der Waals surface area (Å²) in [5.41, 5.74) is 6.29. The van der Waals surface area contributed by atoms with Crippen molar-refractivity contribution in [3.8, 4) is 0 Å². The summed E-state index contributed by atoms with van der Waals surface area (Å²) in [7, 11) is 0. The fourth-order valence-electron chi connectivity index (χ4n) is 4.11. The SMILES string of the molecule is CC(C)c1cccc2c1CCCC2.CC(C)c1cccc2ccccc12. The number of benzene rings is 3. The van der Waals surface area contributed by atoms with Crippen LogP contribution >= 0.6 is 0 Å². The molecule has 0 bridgehead atoms. The minimum atomic E-state index is 0.603. The first-order valence-corrected chi connectivity index (χ1v) is 10.2. The second-order valence-corrected chi connectivity index (χ2v) is 8.07. The molecule has 0 amide bonds. The molecule has 0 radical (unpaired) electrons. The van der Waals surface area contributed by atoms with E-state index in [2.05, 4.69) is 88.4 Å². The van der Waals surface area contributed by atoms with Crippen molar-refractivity contribution in [2.75, 3.05) is 0 Å². The lowest BCUT2D eigenvalue weighted by molar-refractivity contribution is 0.670. The van der Waals surface area contributed by atoms with E-state index in [1.807, 2.05) is 0 Å². The molecule has 0 unspecified atom stereocenters. The van der Waals surface area contributed by atoms with Gasteiger partial charge in [-0.1, -0.05) is 88.4 Å². The molecule has 0 saturated heterocycles. The minimum Gasteiger partial charge on any atom is -0.0617 e. The molecule has 0 saturated carbocycles. The molecule has 0 aromatic heterocycles. The molecular formula is C26H32. The van der Waals surface area contributed by atoms with Crippen LogP contribution in [0.4, 0.5) is 0 Å². The molecule has 3 aromatic carbocycles. The quantitative estimate of drug-likeness (QED) is 0.448. The van der Waals surface area contributed by atoms with E-state index in [9.17, 15) is 0 Å². The lowest BCUT2D eigenvalue weighted by atomic mass is 9.85. The van der Waals surface area contributed by atoms with Crippen LogP contribution in [0.3, 0.4) is 0 Å². The summed E-state index contributed by atoms with van der Waals surface area (Å²) in [6, 6.07) is 21.9. The van der Waals surface area contributed by atoms with Gasteiger partial charge in [0.2, 0.25) is 0 Å². The molecule has 0 N–H and O–H groups in total. The number of rotatable bonds is 2. The van der Waals surface area contributed by atoms with Crippen molar-refractivity contribution in [3.05, 3.63) is 82.9 Å². The molecule has 4 rings (SSSR count). The Morgan fingerprint density at radius 2 is 1.23 bits per heavy atom. The summed E-state index contributed by atoms with van der Waals surface area (Å²) in [6.45, 7) is 9.07. The Kier molecular flexibility index (Phi) is 6.14. The number of fused-ring (bicyclic) bond motifs is 2. The minimum absolute atomic E-state index is 0.603. The summed E-state index contributed by atoms with van der Waals surface area (Å²) < 4.78 is 0. The lowest BCUT2D eigenvalue weighted by Crippen LogP contribution is -2.06. The van der Waals surface area contributed by atoms with Crippen molar-refractivity contribution in [1.82, 2.24) is 0 Å². The monoisotopic (exact) mass is 344 g/mol. The molecule has 0 heterocycles. The average molecular weight is 345 g/mol. The van der Waals surface area contributed by atoms with E-state index in [1.54, 1.807) is 16.7 Å².